The first-order valence-corrected chi connectivity index (χ1v) is 13.1. The summed E-state index contributed by atoms with van der Waals surface area (Å²) in [5.41, 5.74) is 4.19. The van der Waals surface area contributed by atoms with Crippen LogP contribution in [0, 0.1) is 6.92 Å². The van der Waals surface area contributed by atoms with Crippen LogP contribution in [0.25, 0.3) is 11.0 Å². The molecule has 0 amide bonds. The molecule has 0 spiro atoms. The zero-order valence-electron chi connectivity index (χ0n) is 21.5. The van der Waals surface area contributed by atoms with E-state index in [1.807, 2.05) is 6.07 Å². The number of piperazine rings is 3. The van der Waals surface area contributed by atoms with Gasteiger partial charge in [0.2, 0.25) is 0 Å². The Hall–Kier alpha value is -3.17. The molecular formula is C27H36N8O. The molecule has 0 aromatic carbocycles. The topological polar surface area (TPSA) is 72.8 Å². The Morgan fingerprint density at radius 2 is 1.78 bits per heavy atom. The second-order valence-corrected chi connectivity index (χ2v) is 10.5. The van der Waals surface area contributed by atoms with Gasteiger partial charge in [0.15, 0.2) is 0 Å². The monoisotopic (exact) mass is 488 g/mol. The summed E-state index contributed by atoms with van der Waals surface area (Å²) < 4.78 is 1.64. The molecule has 9 heteroatoms. The lowest BCUT2D eigenvalue weighted by Gasteiger charge is -2.51. The number of pyridine rings is 3. The first kappa shape index (κ1) is 23.2. The summed E-state index contributed by atoms with van der Waals surface area (Å²) in [4.78, 5) is 32.1. The SMILES string of the molecule is Cc1cc(N2CCNCC2)cnc1N1CCN2[C@@H](C1)CN(c1cc(=O)n(C)c3ncccc13)C[C@H]2C. The molecule has 3 aromatic heterocycles. The van der Waals surface area contributed by atoms with E-state index in [9.17, 15) is 4.79 Å². The van der Waals surface area contributed by atoms with Crippen LogP contribution >= 0.6 is 0 Å². The summed E-state index contributed by atoms with van der Waals surface area (Å²) in [5.74, 6) is 1.10. The van der Waals surface area contributed by atoms with Crippen LogP contribution in [-0.2, 0) is 7.05 Å². The number of rotatable bonds is 3. The van der Waals surface area contributed by atoms with Crippen molar-refractivity contribution >= 4 is 28.2 Å². The van der Waals surface area contributed by atoms with Crippen molar-refractivity contribution in [1.29, 1.82) is 0 Å². The molecule has 0 saturated carbocycles. The number of hydrogen-bond acceptors (Lipinski definition) is 8. The fourth-order valence-electron chi connectivity index (χ4n) is 6.26. The minimum Gasteiger partial charge on any atom is -0.368 e. The fraction of sp³-hybridized carbons (Fsp3) is 0.519. The molecule has 0 aliphatic carbocycles. The minimum absolute atomic E-state index is 0.0130. The van der Waals surface area contributed by atoms with Crippen LogP contribution in [0.2, 0.25) is 0 Å². The van der Waals surface area contributed by atoms with Gasteiger partial charge in [-0.25, -0.2) is 9.97 Å². The second-order valence-electron chi connectivity index (χ2n) is 10.5. The molecule has 36 heavy (non-hydrogen) atoms. The standard InChI is InChI=1S/C27H36N8O/c1-19-13-21(32-9-7-28-8-10-32)15-30-26(19)33-11-12-35-20(2)16-34(18-22(35)17-33)24-14-25(36)31(3)27-23(24)5-4-6-29-27/h4-6,13-15,20,22,28H,7-12,16-18H2,1-3H3/t20-,22+/m1/s1. The number of fused-ring (bicyclic) bond motifs is 2. The van der Waals surface area contributed by atoms with Crippen LogP contribution in [0.3, 0.4) is 0 Å². The Morgan fingerprint density at radius 1 is 0.972 bits per heavy atom. The van der Waals surface area contributed by atoms with Crippen molar-refractivity contribution in [3.8, 4) is 0 Å². The fourth-order valence-corrected chi connectivity index (χ4v) is 6.26. The van der Waals surface area contributed by atoms with Crippen LogP contribution < -0.4 is 25.6 Å². The van der Waals surface area contributed by atoms with Gasteiger partial charge in [0, 0.05) is 95.7 Å². The molecule has 3 saturated heterocycles. The molecule has 190 valence electrons. The summed E-state index contributed by atoms with van der Waals surface area (Å²) in [6.45, 7) is 13.3. The Labute approximate surface area is 212 Å². The first-order valence-electron chi connectivity index (χ1n) is 13.1. The predicted octanol–water partition coefficient (Wildman–Crippen LogP) is 1.45. The van der Waals surface area contributed by atoms with Crippen molar-refractivity contribution < 1.29 is 0 Å². The quantitative estimate of drug-likeness (QED) is 0.594. The highest BCUT2D eigenvalue weighted by atomic mass is 16.1. The van der Waals surface area contributed by atoms with E-state index in [0.29, 0.717) is 12.1 Å². The highest BCUT2D eigenvalue weighted by molar-refractivity contribution is 5.89. The van der Waals surface area contributed by atoms with Gasteiger partial charge in [0.25, 0.3) is 5.56 Å². The van der Waals surface area contributed by atoms with E-state index < -0.39 is 0 Å². The maximum Gasteiger partial charge on any atom is 0.253 e. The lowest BCUT2D eigenvalue weighted by Crippen LogP contribution is -2.65. The average Bonchev–Trinajstić information content (AvgIpc) is 2.91. The largest absolute Gasteiger partial charge is 0.368 e. The Kier molecular flexibility index (Phi) is 6.05. The summed E-state index contributed by atoms with van der Waals surface area (Å²) in [5, 5.41) is 4.46. The van der Waals surface area contributed by atoms with Gasteiger partial charge < -0.3 is 20.0 Å². The minimum atomic E-state index is -0.0130. The van der Waals surface area contributed by atoms with Crippen LogP contribution in [-0.4, -0.2) is 90.4 Å². The summed E-state index contributed by atoms with van der Waals surface area (Å²) in [6.07, 6.45) is 3.81. The maximum atomic E-state index is 12.7. The van der Waals surface area contributed by atoms with Crippen molar-refractivity contribution in [3.05, 3.63) is 52.6 Å². The average molecular weight is 489 g/mol. The molecule has 1 N–H and O–H groups in total. The zero-order chi connectivity index (χ0) is 24.8. The molecule has 3 fully saturated rings. The molecule has 0 bridgehead atoms. The highest BCUT2D eigenvalue weighted by Crippen LogP contribution is 2.31. The van der Waals surface area contributed by atoms with Gasteiger partial charge in [0.05, 0.1) is 17.6 Å². The van der Waals surface area contributed by atoms with Crippen LogP contribution in [0.5, 0.6) is 0 Å². The predicted molar refractivity (Wildman–Crippen MR) is 145 cm³/mol. The van der Waals surface area contributed by atoms with Crippen molar-refractivity contribution in [1.82, 2.24) is 24.8 Å². The molecule has 2 atom stereocenters. The van der Waals surface area contributed by atoms with Gasteiger partial charge in [-0.05, 0) is 37.6 Å². The summed E-state index contributed by atoms with van der Waals surface area (Å²) in [7, 11) is 1.80. The van der Waals surface area contributed by atoms with Gasteiger partial charge in [0.1, 0.15) is 11.5 Å². The van der Waals surface area contributed by atoms with Gasteiger partial charge in [-0.1, -0.05) is 0 Å². The zero-order valence-corrected chi connectivity index (χ0v) is 21.5. The van der Waals surface area contributed by atoms with E-state index >= 15 is 0 Å². The summed E-state index contributed by atoms with van der Waals surface area (Å²) >= 11 is 0. The maximum absolute atomic E-state index is 12.7. The van der Waals surface area contributed by atoms with Crippen LogP contribution in [0.4, 0.5) is 17.2 Å². The van der Waals surface area contributed by atoms with Crippen molar-refractivity contribution in [2.24, 2.45) is 7.05 Å². The lowest BCUT2D eigenvalue weighted by atomic mass is 10.0. The van der Waals surface area contributed by atoms with Gasteiger partial charge in [-0.2, -0.15) is 0 Å². The molecule has 0 unspecified atom stereocenters. The third-order valence-electron chi connectivity index (χ3n) is 8.14. The lowest BCUT2D eigenvalue weighted by molar-refractivity contribution is 0.108. The van der Waals surface area contributed by atoms with Gasteiger partial charge >= 0.3 is 0 Å². The van der Waals surface area contributed by atoms with E-state index in [-0.39, 0.29) is 5.56 Å². The number of anilines is 3. The molecule has 0 radical (unpaired) electrons. The second kappa shape index (κ2) is 9.37. The van der Waals surface area contributed by atoms with Gasteiger partial charge in [-0.15, -0.1) is 0 Å². The van der Waals surface area contributed by atoms with Crippen LogP contribution in [0.1, 0.15) is 12.5 Å². The number of hydrogen-bond donors (Lipinski definition) is 1. The molecule has 3 aromatic rings. The van der Waals surface area contributed by atoms with E-state index in [1.54, 1.807) is 23.9 Å². The Morgan fingerprint density at radius 3 is 2.58 bits per heavy atom. The molecule has 3 aliphatic rings. The molecule has 9 nitrogen and oxygen atoms in total. The van der Waals surface area contributed by atoms with Crippen LogP contribution in [0.15, 0.2) is 41.5 Å². The molecular weight excluding hydrogens is 452 g/mol. The van der Waals surface area contributed by atoms with E-state index in [0.717, 1.165) is 81.4 Å². The molecule has 6 rings (SSSR count). The van der Waals surface area contributed by atoms with Crippen molar-refractivity contribution in [2.45, 2.75) is 25.9 Å². The molecule has 6 heterocycles. The third-order valence-corrected chi connectivity index (χ3v) is 8.14. The summed E-state index contributed by atoms with van der Waals surface area (Å²) in [6, 6.07) is 8.89. The number of nitrogens with zero attached hydrogens (tertiary/aromatic N) is 7. The smallest absolute Gasteiger partial charge is 0.253 e. The first-order chi connectivity index (χ1) is 17.5. The molecule has 3 aliphatic heterocycles. The van der Waals surface area contributed by atoms with E-state index in [2.05, 4.69) is 62.1 Å². The third kappa shape index (κ3) is 4.10. The van der Waals surface area contributed by atoms with E-state index in [4.69, 9.17) is 4.98 Å². The van der Waals surface area contributed by atoms with Crippen molar-refractivity contribution in [3.63, 3.8) is 0 Å². The normalized spacial score (nSPS) is 23.2. The Bertz CT molecular complexity index is 1320. The Balaban J connectivity index is 1.25. The van der Waals surface area contributed by atoms with Crippen molar-refractivity contribution in [2.75, 3.05) is 73.6 Å². The van der Waals surface area contributed by atoms with E-state index in [1.165, 1.54) is 11.3 Å². The number of aryl methyl sites for hydroxylation is 2. The highest BCUT2D eigenvalue weighted by Gasteiger charge is 2.37. The number of nitrogens with one attached hydrogen (secondary N) is 1. The number of aromatic nitrogens is 3. The van der Waals surface area contributed by atoms with Gasteiger partial charge in [-0.3, -0.25) is 14.3 Å².